The number of hydrogen-bond acceptors (Lipinski definition) is 3. The Morgan fingerprint density at radius 1 is 0.733 bits per heavy atom. The van der Waals surface area contributed by atoms with Gasteiger partial charge in [-0.1, -0.05) is 162 Å². The summed E-state index contributed by atoms with van der Waals surface area (Å²) in [7, 11) is 1.69. The summed E-state index contributed by atoms with van der Waals surface area (Å²) >= 11 is 0. The molecule has 4 aromatic carbocycles. The van der Waals surface area contributed by atoms with Gasteiger partial charge in [0.2, 0.25) is 0 Å². The van der Waals surface area contributed by atoms with E-state index in [0.29, 0.717) is 11.5 Å². The number of hydrogen-bond donors (Lipinski definition) is 1. The molecule has 0 aromatic heterocycles. The first kappa shape index (κ1) is 53.9. The van der Waals surface area contributed by atoms with Gasteiger partial charge in [0.05, 0.1) is 7.11 Å². The summed E-state index contributed by atoms with van der Waals surface area (Å²) in [5, 5.41) is 3.12. The third kappa shape index (κ3) is 17.4. The van der Waals surface area contributed by atoms with E-state index in [0.717, 1.165) is 53.7 Å². The molecule has 0 radical (unpaired) electrons. The van der Waals surface area contributed by atoms with Crippen molar-refractivity contribution in [1.82, 2.24) is 4.90 Å². The number of carbonyl (C=O) groups is 1. The molecule has 0 aliphatic rings. The first-order valence-electron chi connectivity index (χ1n) is 23.5. The Labute approximate surface area is 369 Å². The predicted octanol–water partition coefficient (Wildman–Crippen LogP) is 16.5. The minimum absolute atomic E-state index is 0.130. The molecule has 0 bridgehead atoms. The zero-order valence-electron chi connectivity index (χ0n) is 41.1. The molecule has 4 heteroatoms. The lowest BCUT2D eigenvalue weighted by atomic mass is 9.89. The number of carbonyl (C=O) groups excluding carboxylic acids is 1. The second-order valence-corrected chi connectivity index (χ2v) is 16.2. The molecule has 60 heavy (non-hydrogen) atoms. The number of aryl methyl sites for hydroxylation is 1. The standard InChI is InChI=1S/C38H43NO2.C14H31N.2C2H6/c1-8-25(3)28(6)34-22-30(16-15-27(34)5)21-29-17-19-32(20-18-29)38(40)39-33-23-35(26(4)9-2)37(36(24-33)41-7)31-13-11-10-12-14-31;1-6-10-15(12-14(5)8-3)11-9-13(4)7-2;2*1-2/h10-20,22-24,26H,8-9,21H2,1-7H3,(H,39,40);13-14H,6-12H2,1-5H3;2*1-2H3/b28-25-;;;. The molecule has 3 unspecified atom stereocenters. The third-order valence-electron chi connectivity index (χ3n) is 11.8. The minimum Gasteiger partial charge on any atom is -0.496 e. The van der Waals surface area contributed by atoms with E-state index in [-0.39, 0.29) is 5.91 Å². The maximum atomic E-state index is 13.3. The van der Waals surface area contributed by atoms with Gasteiger partial charge in [-0.15, -0.1) is 0 Å². The van der Waals surface area contributed by atoms with Crippen LogP contribution in [0.3, 0.4) is 0 Å². The highest BCUT2D eigenvalue weighted by molar-refractivity contribution is 6.04. The van der Waals surface area contributed by atoms with Crippen LogP contribution in [-0.4, -0.2) is 37.6 Å². The highest BCUT2D eigenvalue weighted by Gasteiger charge is 2.19. The molecule has 4 rings (SSSR count). The monoisotopic (exact) mass is 819 g/mol. The van der Waals surface area contributed by atoms with Gasteiger partial charge >= 0.3 is 0 Å². The van der Waals surface area contributed by atoms with E-state index in [1.807, 2.05) is 64.1 Å². The van der Waals surface area contributed by atoms with Gasteiger partial charge in [-0.05, 0) is 141 Å². The van der Waals surface area contributed by atoms with Gasteiger partial charge in [0.25, 0.3) is 5.91 Å². The molecule has 0 saturated carbocycles. The molecule has 1 N–H and O–H groups in total. The molecular formula is C56H86N2O2. The first-order chi connectivity index (χ1) is 28.9. The molecule has 4 nitrogen and oxygen atoms in total. The van der Waals surface area contributed by atoms with Crippen LogP contribution >= 0.6 is 0 Å². The average Bonchev–Trinajstić information content (AvgIpc) is 3.29. The van der Waals surface area contributed by atoms with Gasteiger partial charge < -0.3 is 15.0 Å². The molecule has 0 spiro atoms. The Hall–Kier alpha value is -4.15. The Morgan fingerprint density at radius 3 is 1.90 bits per heavy atom. The number of methoxy groups -OCH3 is 1. The Balaban J connectivity index is 0.000000798. The third-order valence-corrected chi connectivity index (χ3v) is 11.8. The summed E-state index contributed by atoms with van der Waals surface area (Å²) in [5.74, 6) is 2.68. The number of anilines is 1. The zero-order valence-corrected chi connectivity index (χ0v) is 41.1. The van der Waals surface area contributed by atoms with Gasteiger partial charge in [-0.2, -0.15) is 0 Å². The molecule has 0 heterocycles. The van der Waals surface area contributed by atoms with Gasteiger partial charge in [-0.25, -0.2) is 0 Å². The topological polar surface area (TPSA) is 41.6 Å². The molecule has 3 atom stereocenters. The van der Waals surface area contributed by atoms with Crippen molar-refractivity contribution in [2.24, 2.45) is 11.8 Å². The second kappa shape index (κ2) is 30.0. The predicted molar refractivity (Wildman–Crippen MR) is 267 cm³/mol. The van der Waals surface area contributed by atoms with Crippen LogP contribution in [0.2, 0.25) is 0 Å². The van der Waals surface area contributed by atoms with Crippen LogP contribution in [0.25, 0.3) is 16.7 Å². The Morgan fingerprint density at radius 2 is 1.35 bits per heavy atom. The maximum Gasteiger partial charge on any atom is 0.255 e. The largest absolute Gasteiger partial charge is 0.496 e. The summed E-state index contributed by atoms with van der Waals surface area (Å²) in [4.78, 5) is 15.9. The number of allylic oxidation sites excluding steroid dienone is 2. The van der Waals surface area contributed by atoms with Crippen LogP contribution in [0.1, 0.15) is 180 Å². The molecule has 0 aliphatic carbocycles. The lowest BCUT2D eigenvalue weighted by Gasteiger charge is -2.25. The van der Waals surface area contributed by atoms with E-state index >= 15 is 0 Å². The average molecular weight is 819 g/mol. The van der Waals surface area contributed by atoms with Crippen LogP contribution < -0.4 is 10.1 Å². The van der Waals surface area contributed by atoms with Crippen LogP contribution in [-0.2, 0) is 6.42 Å². The highest BCUT2D eigenvalue weighted by Crippen LogP contribution is 2.40. The number of benzene rings is 4. The fourth-order valence-corrected chi connectivity index (χ4v) is 7.07. The van der Waals surface area contributed by atoms with Crippen molar-refractivity contribution in [3.05, 3.63) is 124 Å². The van der Waals surface area contributed by atoms with Crippen molar-refractivity contribution in [2.45, 2.75) is 155 Å². The molecule has 0 aliphatic heterocycles. The second-order valence-electron chi connectivity index (χ2n) is 16.2. The summed E-state index contributed by atoms with van der Waals surface area (Å²) in [6.07, 6.45) is 8.15. The Bertz CT molecular complexity index is 1810. The summed E-state index contributed by atoms with van der Waals surface area (Å²) in [6.45, 7) is 36.7. The number of amides is 1. The van der Waals surface area contributed by atoms with Crippen molar-refractivity contribution in [3.8, 4) is 16.9 Å². The zero-order chi connectivity index (χ0) is 45.2. The summed E-state index contributed by atoms with van der Waals surface area (Å²) in [6, 6.07) is 29.0. The number of ether oxygens (including phenoxy) is 1. The normalized spacial score (nSPS) is 12.6. The smallest absolute Gasteiger partial charge is 0.255 e. The van der Waals surface area contributed by atoms with Crippen molar-refractivity contribution in [1.29, 1.82) is 0 Å². The lowest BCUT2D eigenvalue weighted by molar-refractivity contribution is 0.102. The van der Waals surface area contributed by atoms with Gasteiger partial charge in [-0.3, -0.25) is 4.79 Å². The number of nitrogens with zero attached hydrogens (tertiary/aromatic N) is 1. The maximum absolute atomic E-state index is 13.3. The van der Waals surface area contributed by atoms with Crippen LogP contribution in [0.5, 0.6) is 5.75 Å². The van der Waals surface area contributed by atoms with Crippen molar-refractivity contribution in [3.63, 3.8) is 0 Å². The van der Waals surface area contributed by atoms with Crippen molar-refractivity contribution < 1.29 is 9.53 Å². The van der Waals surface area contributed by atoms with E-state index in [1.54, 1.807) is 7.11 Å². The SMILES string of the molecule is CC.CC.CC/C(C)=C(/C)c1cc(Cc2ccc(C(=O)Nc3cc(OC)c(-c4ccccc4)c(C(C)CC)c3)cc2)ccc1C.CCCN(CCC(C)CC)CC(C)CC. The summed E-state index contributed by atoms with van der Waals surface area (Å²) in [5.41, 5.74) is 12.6. The van der Waals surface area contributed by atoms with E-state index in [9.17, 15) is 4.79 Å². The van der Waals surface area contributed by atoms with Crippen LogP contribution in [0, 0.1) is 18.8 Å². The fourth-order valence-electron chi connectivity index (χ4n) is 7.07. The highest BCUT2D eigenvalue weighted by atomic mass is 16.5. The molecule has 332 valence electrons. The lowest BCUT2D eigenvalue weighted by Crippen LogP contribution is -2.31. The molecule has 0 saturated heterocycles. The molecular weight excluding hydrogens is 733 g/mol. The van der Waals surface area contributed by atoms with Crippen LogP contribution in [0.15, 0.2) is 90.5 Å². The summed E-state index contributed by atoms with van der Waals surface area (Å²) < 4.78 is 5.83. The quantitative estimate of drug-likeness (QED) is 0.102. The molecule has 1 amide bonds. The van der Waals surface area contributed by atoms with Gasteiger partial charge in [0, 0.05) is 29.4 Å². The molecule has 0 fully saturated rings. The Kier molecular flexibility index (Phi) is 26.9. The van der Waals surface area contributed by atoms with E-state index < -0.39 is 0 Å². The van der Waals surface area contributed by atoms with E-state index in [2.05, 4.69) is 135 Å². The fraction of sp³-hybridized carbons (Fsp3) is 0.518. The molecule has 4 aromatic rings. The van der Waals surface area contributed by atoms with Crippen molar-refractivity contribution >= 4 is 17.2 Å². The van der Waals surface area contributed by atoms with Crippen LogP contribution in [0.4, 0.5) is 5.69 Å². The van der Waals surface area contributed by atoms with E-state index in [4.69, 9.17) is 4.74 Å². The minimum atomic E-state index is -0.130. The number of rotatable bonds is 19. The first-order valence-corrected chi connectivity index (χ1v) is 23.5. The number of nitrogens with one attached hydrogen (secondary N) is 1. The van der Waals surface area contributed by atoms with Gasteiger partial charge in [0.1, 0.15) is 5.75 Å². The van der Waals surface area contributed by atoms with E-state index in [1.165, 1.54) is 84.3 Å². The van der Waals surface area contributed by atoms with Gasteiger partial charge in [0.15, 0.2) is 0 Å². The van der Waals surface area contributed by atoms with Crippen molar-refractivity contribution in [2.75, 3.05) is 32.1 Å².